The van der Waals surface area contributed by atoms with Gasteiger partial charge in [0.05, 0.1) is 17.4 Å². The van der Waals surface area contributed by atoms with Gasteiger partial charge in [0.2, 0.25) is 5.78 Å². The number of nitrogens with two attached hydrogens (primary N) is 1. The van der Waals surface area contributed by atoms with Crippen LogP contribution in [-0.4, -0.2) is 15.8 Å². The number of nitrogen functional groups attached to an aromatic ring is 1. The molecule has 0 bridgehead atoms. The minimum atomic E-state index is -0.616. The van der Waals surface area contributed by atoms with Crippen LogP contribution in [0.5, 0.6) is 0 Å². The second kappa shape index (κ2) is 4.06. The number of para-hydroxylation sites is 1. The van der Waals surface area contributed by atoms with Gasteiger partial charge in [0.15, 0.2) is 0 Å². The maximum atomic E-state index is 13.1. The average molecular weight is 217 g/mol. The third kappa shape index (κ3) is 1.75. The monoisotopic (exact) mass is 217 g/mol. The summed E-state index contributed by atoms with van der Waals surface area (Å²) >= 11 is 0. The van der Waals surface area contributed by atoms with E-state index in [0.29, 0.717) is 0 Å². The van der Waals surface area contributed by atoms with Crippen molar-refractivity contribution in [3.8, 4) is 0 Å². The molecular weight excluding hydrogens is 209 g/mol. The Morgan fingerprint density at radius 1 is 1.31 bits per heavy atom. The molecule has 1 heterocycles. The molecule has 2 rings (SSSR count). The van der Waals surface area contributed by atoms with E-state index >= 15 is 0 Å². The summed E-state index contributed by atoms with van der Waals surface area (Å²) in [6, 6.07) is 4.08. The summed E-state index contributed by atoms with van der Waals surface area (Å²) in [6.45, 7) is 0. The van der Waals surface area contributed by atoms with E-state index in [9.17, 15) is 9.18 Å². The second-order valence-electron chi connectivity index (χ2n) is 3.12. The lowest BCUT2D eigenvalue weighted by atomic mass is 10.1. The molecule has 2 N–H and O–H groups in total. The van der Waals surface area contributed by atoms with Gasteiger partial charge in [-0.15, -0.1) is 0 Å². The maximum absolute atomic E-state index is 13.1. The third-order valence-corrected chi connectivity index (χ3v) is 2.09. The summed E-state index contributed by atoms with van der Waals surface area (Å²) in [5, 5.41) is 0. The van der Waals surface area contributed by atoms with Crippen molar-refractivity contribution in [2.24, 2.45) is 0 Å². The zero-order valence-corrected chi connectivity index (χ0v) is 8.22. The van der Waals surface area contributed by atoms with E-state index in [1.807, 2.05) is 0 Å². The van der Waals surface area contributed by atoms with Crippen LogP contribution in [0.2, 0.25) is 0 Å². The number of hydrogen-bond acceptors (Lipinski definition) is 4. The molecule has 0 saturated heterocycles. The summed E-state index contributed by atoms with van der Waals surface area (Å²) < 4.78 is 13.1. The minimum absolute atomic E-state index is 0.0977. The third-order valence-electron chi connectivity index (χ3n) is 2.09. The van der Waals surface area contributed by atoms with Crippen molar-refractivity contribution in [3.05, 3.63) is 53.9 Å². The first-order chi connectivity index (χ1) is 7.70. The number of benzene rings is 1. The molecule has 0 unspecified atom stereocenters. The Hall–Kier alpha value is -2.30. The van der Waals surface area contributed by atoms with Crippen LogP contribution in [0, 0.1) is 5.82 Å². The van der Waals surface area contributed by atoms with Crippen molar-refractivity contribution in [2.45, 2.75) is 0 Å². The molecule has 0 spiro atoms. The average Bonchev–Trinajstić information content (AvgIpc) is 2.33. The Bertz CT molecular complexity index is 528. The SMILES string of the molecule is Nc1c(F)cccc1C(=O)c1cnccn1. The number of halogens is 1. The Kier molecular flexibility index (Phi) is 2.59. The van der Waals surface area contributed by atoms with Gasteiger partial charge in [0, 0.05) is 12.4 Å². The fourth-order valence-corrected chi connectivity index (χ4v) is 1.29. The van der Waals surface area contributed by atoms with Crippen LogP contribution in [0.15, 0.2) is 36.8 Å². The lowest BCUT2D eigenvalue weighted by Gasteiger charge is -2.04. The van der Waals surface area contributed by atoms with Crippen LogP contribution >= 0.6 is 0 Å². The molecule has 0 aliphatic carbocycles. The quantitative estimate of drug-likeness (QED) is 0.610. The molecule has 0 radical (unpaired) electrons. The summed E-state index contributed by atoms with van der Waals surface area (Å²) in [5.41, 5.74) is 5.54. The number of ketones is 1. The normalized spacial score (nSPS) is 10.1. The first-order valence-electron chi connectivity index (χ1n) is 4.55. The molecule has 0 atom stereocenters. The summed E-state index contributed by atoms with van der Waals surface area (Å²) in [5.74, 6) is -1.06. The highest BCUT2D eigenvalue weighted by Gasteiger charge is 2.15. The Balaban J connectivity index is 2.46. The van der Waals surface area contributed by atoms with Gasteiger partial charge in [-0.1, -0.05) is 6.07 Å². The molecule has 1 aromatic heterocycles. The predicted octanol–water partition coefficient (Wildman–Crippen LogP) is 1.43. The van der Waals surface area contributed by atoms with Crippen LogP contribution in [0.3, 0.4) is 0 Å². The number of rotatable bonds is 2. The summed E-state index contributed by atoms with van der Waals surface area (Å²) in [6.07, 6.45) is 4.15. The number of carbonyl (C=O) groups excluding carboxylic acids is 1. The van der Waals surface area contributed by atoms with Crippen LogP contribution in [0.25, 0.3) is 0 Å². The van der Waals surface area contributed by atoms with Crippen molar-refractivity contribution in [1.29, 1.82) is 0 Å². The Labute approximate surface area is 91.0 Å². The van der Waals surface area contributed by atoms with Crippen molar-refractivity contribution >= 4 is 11.5 Å². The largest absolute Gasteiger partial charge is 0.396 e. The maximum Gasteiger partial charge on any atom is 0.215 e. The van der Waals surface area contributed by atoms with Gasteiger partial charge < -0.3 is 5.73 Å². The predicted molar refractivity (Wildman–Crippen MR) is 56.3 cm³/mol. The van der Waals surface area contributed by atoms with Crippen molar-refractivity contribution in [3.63, 3.8) is 0 Å². The van der Waals surface area contributed by atoms with E-state index < -0.39 is 11.6 Å². The highest BCUT2D eigenvalue weighted by atomic mass is 19.1. The zero-order valence-electron chi connectivity index (χ0n) is 8.22. The van der Waals surface area contributed by atoms with E-state index in [1.54, 1.807) is 0 Å². The number of hydrogen-bond donors (Lipinski definition) is 1. The number of nitrogens with zero attached hydrogens (tertiary/aromatic N) is 2. The van der Waals surface area contributed by atoms with Gasteiger partial charge in [0.25, 0.3) is 0 Å². The molecular formula is C11H8FN3O. The van der Waals surface area contributed by atoms with Gasteiger partial charge in [0.1, 0.15) is 11.5 Å². The molecule has 0 saturated carbocycles. The van der Waals surface area contributed by atoms with Crippen molar-refractivity contribution < 1.29 is 9.18 Å². The summed E-state index contributed by atoms with van der Waals surface area (Å²) in [4.78, 5) is 19.5. The first kappa shape index (κ1) is 10.2. The lowest BCUT2D eigenvalue weighted by Crippen LogP contribution is -2.08. The molecule has 4 nitrogen and oxygen atoms in total. The number of carbonyl (C=O) groups is 1. The Morgan fingerprint density at radius 3 is 2.81 bits per heavy atom. The van der Waals surface area contributed by atoms with Gasteiger partial charge in [-0.3, -0.25) is 9.78 Å². The van der Waals surface area contributed by atoms with Crippen LogP contribution < -0.4 is 5.73 Å². The molecule has 1 aromatic carbocycles. The van der Waals surface area contributed by atoms with E-state index in [1.165, 1.54) is 36.8 Å². The molecule has 80 valence electrons. The Morgan fingerprint density at radius 2 is 2.12 bits per heavy atom. The van der Waals surface area contributed by atoms with E-state index in [0.717, 1.165) is 0 Å². The van der Waals surface area contributed by atoms with Crippen LogP contribution in [0.4, 0.5) is 10.1 Å². The van der Waals surface area contributed by atoms with Crippen molar-refractivity contribution in [2.75, 3.05) is 5.73 Å². The van der Waals surface area contributed by atoms with E-state index in [2.05, 4.69) is 9.97 Å². The van der Waals surface area contributed by atoms with Crippen molar-refractivity contribution in [1.82, 2.24) is 9.97 Å². The fourth-order valence-electron chi connectivity index (χ4n) is 1.29. The number of anilines is 1. The number of aromatic nitrogens is 2. The van der Waals surface area contributed by atoms with E-state index in [-0.39, 0.29) is 16.9 Å². The molecule has 0 fully saturated rings. The summed E-state index contributed by atoms with van der Waals surface area (Å²) in [7, 11) is 0. The highest BCUT2D eigenvalue weighted by Crippen LogP contribution is 2.18. The lowest BCUT2D eigenvalue weighted by molar-refractivity contribution is 0.103. The second-order valence-corrected chi connectivity index (χ2v) is 3.12. The van der Waals surface area contributed by atoms with Gasteiger partial charge in [-0.2, -0.15) is 0 Å². The molecule has 0 aliphatic rings. The van der Waals surface area contributed by atoms with Gasteiger partial charge in [-0.05, 0) is 12.1 Å². The fraction of sp³-hybridized carbons (Fsp3) is 0. The molecule has 2 aromatic rings. The van der Waals surface area contributed by atoms with Gasteiger partial charge >= 0.3 is 0 Å². The van der Waals surface area contributed by atoms with Crippen LogP contribution in [0.1, 0.15) is 16.1 Å². The highest BCUT2D eigenvalue weighted by molar-refractivity contribution is 6.10. The first-order valence-corrected chi connectivity index (χ1v) is 4.55. The molecule has 0 amide bonds. The van der Waals surface area contributed by atoms with Gasteiger partial charge in [-0.25, -0.2) is 9.37 Å². The van der Waals surface area contributed by atoms with Crippen LogP contribution in [-0.2, 0) is 0 Å². The van der Waals surface area contributed by atoms with E-state index in [4.69, 9.17) is 5.73 Å². The molecule has 5 heteroatoms. The molecule has 16 heavy (non-hydrogen) atoms. The minimum Gasteiger partial charge on any atom is -0.396 e. The molecule has 0 aliphatic heterocycles. The smallest absolute Gasteiger partial charge is 0.215 e. The standard InChI is InChI=1S/C11H8FN3O/c12-8-3-1-2-7(10(8)13)11(16)9-6-14-4-5-15-9/h1-6H,13H2. The topological polar surface area (TPSA) is 68.9 Å². The zero-order chi connectivity index (χ0) is 11.5.